The van der Waals surface area contributed by atoms with E-state index in [0.717, 1.165) is 32.0 Å². The second kappa shape index (κ2) is 13.2. The van der Waals surface area contributed by atoms with Gasteiger partial charge in [-0.05, 0) is 64.2 Å². The molecule has 9 nitrogen and oxygen atoms in total. The summed E-state index contributed by atoms with van der Waals surface area (Å²) in [6.45, 7) is 5.40. The molecule has 1 aliphatic heterocycles. The fourth-order valence-electron chi connectivity index (χ4n) is 2.81. The van der Waals surface area contributed by atoms with Gasteiger partial charge in [-0.15, -0.1) is 5.10 Å². The molecule has 0 radical (unpaired) electrons. The van der Waals surface area contributed by atoms with Crippen LogP contribution in [0.3, 0.4) is 0 Å². The zero-order valence-electron chi connectivity index (χ0n) is 15.3. The lowest BCUT2D eigenvalue weighted by Crippen LogP contribution is -2.36. The van der Waals surface area contributed by atoms with Gasteiger partial charge in [0.05, 0.1) is 6.20 Å². The van der Waals surface area contributed by atoms with Crippen molar-refractivity contribution in [2.45, 2.75) is 51.5 Å². The van der Waals surface area contributed by atoms with E-state index in [0.29, 0.717) is 12.8 Å². The average molecular weight is 369 g/mol. The first-order valence-electron chi connectivity index (χ1n) is 9.21. The maximum absolute atomic E-state index is 9.90. The van der Waals surface area contributed by atoms with Crippen LogP contribution in [0.2, 0.25) is 0 Å². The average Bonchev–Trinajstić information content (AvgIpc) is 3.13. The normalized spacial score (nSPS) is 15.3. The number of carboxylic acids is 2. The summed E-state index contributed by atoms with van der Waals surface area (Å²) in [5.74, 6) is -0.984. The van der Waals surface area contributed by atoms with Crippen molar-refractivity contribution in [1.82, 2.24) is 19.9 Å². The lowest BCUT2D eigenvalue weighted by Gasteiger charge is -2.31. The van der Waals surface area contributed by atoms with Crippen LogP contribution in [0.25, 0.3) is 0 Å². The smallest absolute Gasteiger partial charge is 0.303 e. The minimum Gasteiger partial charge on any atom is -0.481 e. The highest BCUT2D eigenvalue weighted by Gasteiger charge is 2.17. The van der Waals surface area contributed by atoms with Crippen molar-refractivity contribution in [2.75, 3.05) is 26.2 Å². The maximum Gasteiger partial charge on any atom is 0.303 e. The molecule has 4 N–H and O–H groups in total. The predicted molar refractivity (Wildman–Crippen MR) is 96.6 cm³/mol. The van der Waals surface area contributed by atoms with Crippen LogP contribution in [0.4, 0.5) is 0 Å². The SMILES string of the molecule is NCC1CCN(CCCn2ccnn2)CC1.O=C(O)CCCCC(=O)O. The first kappa shape index (κ1) is 22.0. The van der Waals surface area contributed by atoms with E-state index in [1.807, 2.05) is 10.9 Å². The first-order chi connectivity index (χ1) is 12.5. The van der Waals surface area contributed by atoms with E-state index in [9.17, 15) is 9.59 Å². The summed E-state index contributed by atoms with van der Waals surface area (Å²) in [4.78, 5) is 22.3. The van der Waals surface area contributed by atoms with Crippen LogP contribution in [0, 0.1) is 5.92 Å². The van der Waals surface area contributed by atoms with E-state index in [1.165, 1.54) is 25.9 Å². The Morgan fingerprint density at radius 3 is 2.12 bits per heavy atom. The molecule has 0 aromatic carbocycles. The number of unbranched alkanes of at least 4 members (excludes halogenated alkanes) is 1. The van der Waals surface area contributed by atoms with Crippen LogP contribution in [-0.4, -0.2) is 68.2 Å². The van der Waals surface area contributed by atoms with Gasteiger partial charge in [0.15, 0.2) is 0 Å². The number of aromatic nitrogens is 3. The van der Waals surface area contributed by atoms with Crippen LogP contribution < -0.4 is 5.73 Å². The molecular formula is C17H31N5O4. The van der Waals surface area contributed by atoms with Gasteiger partial charge < -0.3 is 20.8 Å². The number of nitrogens with two attached hydrogens (primary N) is 1. The standard InChI is InChI=1S/C11H21N5.C6H10O4/c12-10-11-2-7-15(8-3-11)5-1-6-16-9-4-13-14-16;7-5(8)3-1-2-4-6(9)10/h4,9,11H,1-3,5-8,10,12H2;1-4H2,(H,7,8)(H,9,10). The van der Waals surface area contributed by atoms with E-state index in [1.54, 1.807) is 6.20 Å². The molecule has 0 bridgehead atoms. The van der Waals surface area contributed by atoms with Crippen LogP contribution in [0.1, 0.15) is 44.9 Å². The third-order valence-electron chi connectivity index (χ3n) is 4.41. The molecular weight excluding hydrogens is 338 g/mol. The highest BCUT2D eigenvalue weighted by Crippen LogP contribution is 2.15. The lowest BCUT2D eigenvalue weighted by molar-refractivity contribution is -0.139. The highest BCUT2D eigenvalue weighted by atomic mass is 16.4. The molecule has 1 aliphatic rings. The summed E-state index contributed by atoms with van der Waals surface area (Å²) in [6, 6.07) is 0. The fraction of sp³-hybridized carbons (Fsp3) is 0.765. The van der Waals surface area contributed by atoms with Crippen LogP contribution >= 0.6 is 0 Å². The quantitative estimate of drug-likeness (QED) is 0.521. The largest absolute Gasteiger partial charge is 0.481 e. The topological polar surface area (TPSA) is 135 Å². The number of likely N-dealkylation sites (tertiary alicyclic amines) is 1. The highest BCUT2D eigenvalue weighted by molar-refractivity contribution is 5.67. The Labute approximate surface area is 154 Å². The summed E-state index contributed by atoms with van der Waals surface area (Å²) in [7, 11) is 0. The van der Waals surface area contributed by atoms with Crippen molar-refractivity contribution in [3.63, 3.8) is 0 Å². The van der Waals surface area contributed by atoms with Crippen molar-refractivity contribution in [1.29, 1.82) is 0 Å². The van der Waals surface area contributed by atoms with Gasteiger partial charge in [0, 0.05) is 25.6 Å². The Balaban J connectivity index is 0.000000294. The summed E-state index contributed by atoms with van der Waals surface area (Å²) < 4.78 is 1.90. The van der Waals surface area contributed by atoms with Gasteiger partial charge in [-0.3, -0.25) is 14.3 Å². The van der Waals surface area contributed by atoms with E-state index >= 15 is 0 Å². The minimum atomic E-state index is -0.870. The molecule has 26 heavy (non-hydrogen) atoms. The maximum atomic E-state index is 9.90. The molecule has 0 aliphatic carbocycles. The van der Waals surface area contributed by atoms with Crippen LogP contribution in [0.15, 0.2) is 12.4 Å². The van der Waals surface area contributed by atoms with Gasteiger partial charge in [-0.1, -0.05) is 5.21 Å². The number of carbonyl (C=O) groups is 2. The molecule has 0 saturated carbocycles. The van der Waals surface area contributed by atoms with Gasteiger partial charge in [0.25, 0.3) is 0 Å². The third-order valence-corrected chi connectivity index (χ3v) is 4.41. The number of nitrogens with zero attached hydrogens (tertiary/aromatic N) is 4. The number of carboxylic acid groups (broad SMARTS) is 2. The molecule has 2 rings (SSSR count). The van der Waals surface area contributed by atoms with Gasteiger partial charge in [-0.2, -0.15) is 0 Å². The Morgan fingerprint density at radius 1 is 1.04 bits per heavy atom. The number of piperidine rings is 1. The summed E-state index contributed by atoms with van der Waals surface area (Å²) in [5, 5.41) is 24.0. The Bertz CT molecular complexity index is 485. The number of rotatable bonds is 10. The van der Waals surface area contributed by atoms with Crippen molar-refractivity contribution in [3.8, 4) is 0 Å². The minimum absolute atomic E-state index is 0.0628. The molecule has 1 aromatic heterocycles. The fourth-order valence-corrected chi connectivity index (χ4v) is 2.81. The van der Waals surface area contributed by atoms with Gasteiger partial charge in [0.1, 0.15) is 0 Å². The molecule has 2 heterocycles. The summed E-state index contributed by atoms with van der Waals surface area (Å²) in [5.41, 5.74) is 5.68. The number of hydrogen-bond donors (Lipinski definition) is 3. The second-order valence-electron chi connectivity index (χ2n) is 6.53. The van der Waals surface area contributed by atoms with E-state index in [2.05, 4.69) is 15.2 Å². The van der Waals surface area contributed by atoms with Gasteiger partial charge in [0.2, 0.25) is 0 Å². The van der Waals surface area contributed by atoms with Crippen LogP contribution in [-0.2, 0) is 16.1 Å². The number of aliphatic carboxylic acids is 2. The van der Waals surface area contributed by atoms with Crippen molar-refractivity contribution in [3.05, 3.63) is 12.4 Å². The van der Waals surface area contributed by atoms with E-state index < -0.39 is 11.9 Å². The van der Waals surface area contributed by atoms with Crippen LogP contribution in [0.5, 0.6) is 0 Å². The van der Waals surface area contributed by atoms with Crippen molar-refractivity contribution < 1.29 is 19.8 Å². The Morgan fingerprint density at radius 2 is 1.65 bits per heavy atom. The van der Waals surface area contributed by atoms with Gasteiger partial charge >= 0.3 is 11.9 Å². The Kier molecular flexibility index (Phi) is 11.2. The zero-order chi connectivity index (χ0) is 19.2. The zero-order valence-corrected chi connectivity index (χ0v) is 15.3. The second-order valence-corrected chi connectivity index (χ2v) is 6.53. The molecule has 148 valence electrons. The van der Waals surface area contributed by atoms with Gasteiger partial charge in [-0.25, -0.2) is 0 Å². The lowest BCUT2D eigenvalue weighted by atomic mass is 9.97. The third kappa shape index (κ3) is 10.8. The molecule has 1 saturated heterocycles. The van der Waals surface area contributed by atoms with E-state index in [-0.39, 0.29) is 12.8 Å². The summed E-state index contributed by atoms with van der Waals surface area (Å²) in [6.07, 6.45) is 8.34. The molecule has 0 amide bonds. The Hall–Kier alpha value is -2.00. The van der Waals surface area contributed by atoms with Crippen molar-refractivity contribution >= 4 is 11.9 Å². The molecule has 0 spiro atoms. The summed E-state index contributed by atoms with van der Waals surface area (Å²) >= 11 is 0. The molecule has 1 aromatic rings. The first-order valence-corrected chi connectivity index (χ1v) is 9.21. The monoisotopic (exact) mass is 369 g/mol. The number of aryl methyl sites for hydroxylation is 1. The molecule has 9 heteroatoms. The molecule has 0 atom stereocenters. The molecule has 1 fully saturated rings. The van der Waals surface area contributed by atoms with Crippen molar-refractivity contribution in [2.24, 2.45) is 11.7 Å². The predicted octanol–water partition coefficient (Wildman–Crippen LogP) is 1.05. The molecule has 0 unspecified atom stereocenters. The number of hydrogen-bond acceptors (Lipinski definition) is 6. The van der Waals surface area contributed by atoms with E-state index in [4.69, 9.17) is 15.9 Å².